The summed E-state index contributed by atoms with van der Waals surface area (Å²) in [5.74, 6) is 0.0236. The van der Waals surface area contributed by atoms with E-state index in [1.807, 2.05) is 37.3 Å². The van der Waals surface area contributed by atoms with Gasteiger partial charge in [-0.25, -0.2) is 9.37 Å². The van der Waals surface area contributed by atoms with E-state index < -0.39 is 0 Å². The highest BCUT2D eigenvalue weighted by molar-refractivity contribution is 7.19. The normalized spacial score (nSPS) is 11.1. The molecule has 118 valence electrons. The van der Waals surface area contributed by atoms with E-state index in [-0.39, 0.29) is 11.4 Å². The molecule has 0 spiro atoms. The maximum Gasteiger partial charge on any atom is 0.260 e. The third-order valence-electron chi connectivity index (χ3n) is 3.90. The Morgan fingerprint density at radius 1 is 1.04 bits per heavy atom. The van der Waals surface area contributed by atoms with Gasteiger partial charge in [0.05, 0.1) is 5.39 Å². The van der Waals surface area contributed by atoms with Crippen molar-refractivity contribution in [1.82, 2.24) is 9.97 Å². The summed E-state index contributed by atoms with van der Waals surface area (Å²) >= 11 is 1.48. The number of hydrogen-bond acceptors (Lipinski definition) is 3. The topological polar surface area (TPSA) is 45.8 Å². The van der Waals surface area contributed by atoms with E-state index in [0.29, 0.717) is 21.6 Å². The zero-order valence-electron chi connectivity index (χ0n) is 12.8. The largest absolute Gasteiger partial charge is 0.306 e. The summed E-state index contributed by atoms with van der Waals surface area (Å²) in [5.41, 5.74) is 2.26. The Morgan fingerprint density at radius 2 is 1.79 bits per heavy atom. The standard InChI is InChI=1S/C19H13FN2OS/c1-11-15(12-6-3-2-4-7-12)16-18(23)21-17(22-19(16)24-11)13-8-5-9-14(20)10-13/h2-10H,1H3,(H,21,22,23). The minimum atomic E-state index is -0.359. The summed E-state index contributed by atoms with van der Waals surface area (Å²) in [7, 11) is 0. The molecule has 0 aliphatic carbocycles. The van der Waals surface area contributed by atoms with Gasteiger partial charge < -0.3 is 4.98 Å². The number of halogens is 1. The first-order valence-electron chi connectivity index (χ1n) is 7.48. The second kappa shape index (κ2) is 5.69. The van der Waals surface area contributed by atoms with Crippen LogP contribution in [0, 0.1) is 12.7 Å². The lowest BCUT2D eigenvalue weighted by atomic mass is 10.0. The van der Waals surface area contributed by atoms with Crippen LogP contribution in [0.3, 0.4) is 0 Å². The van der Waals surface area contributed by atoms with Gasteiger partial charge in [-0.05, 0) is 24.6 Å². The zero-order valence-corrected chi connectivity index (χ0v) is 13.7. The van der Waals surface area contributed by atoms with E-state index in [0.717, 1.165) is 16.0 Å². The molecule has 3 nitrogen and oxygen atoms in total. The van der Waals surface area contributed by atoms with Crippen molar-refractivity contribution in [2.24, 2.45) is 0 Å². The molecule has 0 saturated carbocycles. The summed E-state index contributed by atoms with van der Waals surface area (Å²) in [6.07, 6.45) is 0. The minimum absolute atomic E-state index is 0.206. The number of rotatable bonds is 2. The highest BCUT2D eigenvalue weighted by Gasteiger charge is 2.17. The van der Waals surface area contributed by atoms with Crippen molar-refractivity contribution in [2.75, 3.05) is 0 Å². The Balaban J connectivity index is 1.98. The van der Waals surface area contributed by atoms with E-state index in [9.17, 15) is 9.18 Å². The monoisotopic (exact) mass is 336 g/mol. The van der Waals surface area contributed by atoms with Crippen LogP contribution < -0.4 is 5.56 Å². The fraction of sp³-hybridized carbons (Fsp3) is 0.0526. The van der Waals surface area contributed by atoms with Crippen molar-refractivity contribution in [3.8, 4) is 22.5 Å². The average molecular weight is 336 g/mol. The smallest absolute Gasteiger partial charge is 0.260 e. The Morgan fingerprint density at radius 3 is 2.54 bits per heavy atom. The Hall–Kier alpha value is -2.79. The molecule has 0 radical (unpaired) electrons. The van der Waals surface area contributed by atoms with Crippen LogP contribution >= 0.6 is 11.3 Å². The summed E-state index contributed by atoms with van der Waals surface area (Å²) in [5, 5.41) is 0.587. The number of thiophene rings is 1. The quantitative estimate of drug-likeness (QED) is 0.573. The average Bonchev–Trinajstić information content (AvgIpc) is 2.92. The Bertz CT molecular complexity index is 1100. The highest BCUT2D eigenvalue weighted by Crippen LogP contribution is 2.35. The molecule has 2 aromatic carbocycles. The van der Waals surface area contributed by atoms with Crippen LogP contribution in [0.2, 0.25) is 0 Å². The molecule has 0 aliphatic heterocycles. The van der Waals surface area contributed by atoms with E-state index >= 15 is 0 Å². The first-order chi connectivity index (χ1) is 11.6. The van der Waals surface area contributed by atoms with Gasteiger partial charge in [-0.3, -0.25) is 4.79 Å². The van der Waals surface area contributed by atoms with Crippen molar-refractivity contribution < 1.29 is 4.39 Å². The van der Waals surface area contributed by atoms with E-state index in [1.54, 1.807) is 12.1 Å². The Labute approximate surface area is 141 Å². The molecule has 0 unspecified atom stereocenters. The number of aromatic amines is 1. The van der Waals surface area contributed by atoms with Gasteiger partial charge in [-0.2, -0.15) is 0 Å². The van der Waals surface area contributed by atoms with Crippen LogP contribution in [0.5, 0.6) is 0 Å². The molecule has 0 bridgehead atoms. The van der Waals surface area contributed by atoms with E-state index in [2.05, 4.69) is 9.97 Å². The second-order valence-electron chi connectivity index (χ2n) is 5.50. The molecule has 2 heterocycles. The van der Waals surface area contributed by atoms with Crippen LogP contribution in [-0.4, -0.2) is 9.97 Å². The molecule has 4 aromatic rings. The number of benzene rings is 2. The third kappa shape index (κ3) is 2.43. The fourth-order valence-corrected chi connectivity index (χ4v) is 3.89. The van der Waals surface area contributed by atoms with Crippen LogP contribution in [-0.2, 0) is 0 Å². The summed E-state index contributed by atoms with van der Waals surface area (Å²) in [4.78, 5) is 21.7. The number of fused-ring (bicyclic) bond motifs is 1. The minimum Gasteiger partial charge on any atom is -0.306 e. The molecule has 0 saturated heterocycles. The number of nitrogens with one attached hydrogen (secondary N) is 1. The Kier molecular flexibility index (Phi) is 3.50. The number of aromatic nitrogens is 2. The molecular formula is C19H13FN2OS. The molecule has 1 N–H and O–H groups in total. The van der Waals surface area contributed by atoms with Crippen molar-refractivity contribution in [2.45, 2.75) is 6.92 Å². The highest BCUT2D eigenvalue weighted by atomic mass is 32.1. The lowest BCUT2D eigenvalue weighted by Crippen LogP contribution is -2.09. The maximum atomic E-state index is 13.4. The van der Waals surface area contributed by atoms with E-state index in [1.165, 1.54) is 23.5 Å². The molecule has 5 heteroatoms. The summed E-state index contributed by atoms with van der Waals surface area (Å²) in [6.45, 7) is 1.98. The van der Waals surface area contributed by atoms with E-state index in [4.69, 9.17) is 0 Å². The van der Waals surface area contributed by atoms with Crippen molar-refractivity contribution in [1.29, 1.82) is 0 Å². The van der Waals surface area contributed by atoms with Crippen molar-refractivity contribution >= 4 is 21.6 Å². The van der Waals surface area contributed by atoms with Gasteiger partial charge in [0.25, 0.3) is 5.56 Å². The lowest BCUT2D eigenvalue weighted by molar-refractivity contribution is 0.628. The van der Waals surface area contributed by atoms with Crippen LogP contribution in [0.1, 0.15) is 4.88 Å². The molecule has 0 fully saturated rings. The first kappa shape index (κ1) is 14.8. The molecule has 0 aliphatic rings. The molecule has 0 amide bonds. The molecule has 4 rings (SSSR count). The van der Waals surface area contributed by atoms with Gasteiger partial charge in [0.1, 0.15) is 16.5 Å². The predicted molar refractivity (Wildman–Crippen MR) is 95.8 cm³/mol. The number of aryl methyl sites for hydroxylation is 1. The van der Waals surface area contributed by atoms with Crippen LogP contribution in [0.15, 0.2) is 59.4 Å². The summed E-state index contributed by atoms with van der Waals surface area (Å²) in [6, 6.07) is 15.9. The number of H-pyrrole nitrogens is 1. The van der Waals surface area contributed by atoms with Gasteiger partial charge in [-0.15, -0.1) is 11.3 Å². The number of nitrogens with zero attached hydrogens (tertiary/aromatic N) is 1. The first-order valence-corrected chi connectivity index (χ1v) is 8.30. The third-order valence-corrected chi connectivity index (χ3v) is 4.90. The molecular weight excluding hydrogens is 323 g/mol. The fourth-order valence-electron chi connectivity index (χ4n) is 2.84. The zero-order chi connectivity index (χ0) is 16.7. The van der Waals surface area contributed by atoms with Gasteiger partial charge in [0.15, 0.2) is 0 Å². The van der Waals surface area contributed by atoms with Crippen molar-refractivity contribution in [3.05, 3.63) is 75.6 Å². The lowest BCUT2D eigenvalue weighted by Gasteiger charge is -2.03. The number of hydrogen-bond donors (Lipinski definition) is 1. The van der Waals surface area contributed by atoms with Gasteiger partial charge in [-0.1, -0.05) is 42.5 Å². The van der Waals surface area contributed by atoms with Gasteiger partial charge in [0.2, 0.25) is 0 Å². The predicted octanol–water partition coefficient (Wildman–Crippen LogP) is 4.77. The van der Waals surface area contributed by atoms with Crippen LogP contribution in [0.4, 0.5) is 4.39 Å². The summed E-state index contributed by atoms with van der Waals surface area (Å²) < 4.78 is 13.4. The second-order valence-corrected chi connectivity index (χ2v) is 6.71. The SMILES string of the molecule is Cc1sc2nc(-c3cccc(F)c3)[nH]c(=O)c2c1-c1ccccc1. The maximum absolute atomic E-state index is 13.4. The molecule has 24 heavy (non-hydrogen) atoms. The van der Waals surface area contributed by atoms with Crippen LogP contribution in [0.25, 0.3) is 32.7 Å². The molecule has 0 atom stereocenters. The molecule has 2 aromatic heterocycles. The van der Waals surface area contributed by atoms with Crippen molar-refractivity contribution in [3.63, 3.8) is 0 Å². The van der Waals surface area contributed by atoms with Gasteiger partial charge in [0, 0.05) is 16.0 Å². The van der Waals surface area contributed by atoms with Gasteiger partial charge >= 0.3 is 0 Å².